The van der Waals surface area contributed by atoms with Crippen molar-refractivity contribution >= 4 is 29.2 Å². The van der Waals surface area contributed by atoms with E-state index in [1.54, 1.807) is 6.07 Å². The van der Waals surface area contributed by atoms with Gasteiger partial charge in [0.25, 0.3) is 5.91 Å². The number of hydrogen-bond acceptors (Lipinski definition) is 5. The summed E-state index contributed by atoms with van der Waals surface area (Å²) in [5.41, 5.74) is -1.30. The fourth-order valence-corrected chi connectivity index (χ4v) is 6.37. The van der Waals surface area contributed by atoms with Crippen molar-refractivity contribution in [3.63, 3.8) is 0 Å². The van der Waals surface area contributed by atoms with Gasteiger partial charge >= 0.3 is 12.1 Å². The van der Waals surface area contributed by atoms with Gasteiger partial charge in [-0.1, -0.05) is 11.6 Å². The molecule has 2 aromatic rings. The summed E-state index contributed by atoms with van der Waals surface area (Å²) in [4.78, 5) is 29.1. The van der Waals surface area contributed by atoms with Crippen molar-refractivity contribution in [2.45, 2.75) is 63.0 Å². The van der Waals surface area contributed by atoms with Crippen LogP contribution >= 0.6 is 11.6 Å². The Morgan fingerprint density at radius 3 is 2.51 bits per heavy atom. The van der Waals surface area contributed by atoms with Crippen molar-refractivity contribution < 1.29 is 37.0 Å². The number of aromatic carboxylic acids is 1. The summed E-state index contributed by atoms with van der Waals surface area (Å²) in [6, 6.07) is 7.51. The van der Waals surface area contributed by atoms with Crippen LogP contribution in [0.2, 0.25) is 5.02 Å². The number of halogens is 5. The van der Waals surface area contributed by atoms with E-state index in [1.165, 1.54) is 18.2 Å². The van der Waals surface area contributed by atoms with E-state index in [4.69, 9.17) is 16.3 Å². The van der Waals surface area contributed by atoms with Gasteiger partial charge in [-0.25, -0.2) is 9.18 Å². The van der Waals surface area contributed by atoms with Crippen LogP contribution in [0, 0.1) is 11.7 Å². The average molecular weight is 598 g/mol. The Hall–Kier alpha value is -2.89. The highest BCUT2D eigenvalue weighted by atomic mass is 35.5. The fraction of sp³-hybridized carbons (Fsp3) is 0.517. The van der Waals surface area contributed by atoms with E-state index in [-0.39, 0.29) is 46.6 Å². The number of benzene rings is 2. The summed E-state index contributed by atoms with van der Waals surface area (Å²) in [6.45, 7) is 4.30. The summed E-state index contributed by atoms with van der Waals surface area (Å²) in [6.07, 6.45) is -1.58. The first-order valence-electron chi connectivity index (χ1n) is 13.7. The lowest BCUT2D eigenvalue weighted by atomic mass is 9.85. The molecule has 1 amide bonds. The van der Waals surface area contributed by atoms with E-state index in [0.717, 1.165) is 31.4 Å². The molecule has 2 saturated heterocycles. The van der Waals surface area contributed by atoms with Gasteiger partial charge in [0.2, 0.25) is 0 Å². The minimum absolute atomic E-state index is 0.0357. The third kappa shape index (κ3) is 6.32. The minimum Gasteiger partial charge on any atom is -0.478 e. The van der Waals surface area contributed by atoms with E-state index in [1.807, 2.05) is 6.92 Å². The largest absolute Gasteiger partial charge is 0.478 e. The standard InChI is InChI=1S/C29H32ClF4N3O4/c1-17-15-36(8-9-37(17)22-4-5-25(31)24(13-22)26(38)39)23-6-7-28(41-16-23,19-2-3-19)27(40)35-14-18-10-20(29(32,33)34)12-21(30)11-18/h4-5,10-13,17,19,23H,2-3,6-9,14-16H2,1H3,(H,35,40)(H,38,39)/t17-,23+,28-/m0/s1. The molecule has 0 bridgehead atoms. The number of carboxylic acids is 1. The summed E-state index contributed by atoms with van der Waals surface area (Å²) < 4.78 is 59.8. The normalized spacial score (nSPS) is 25.7. The topological polar surface area (TPSA) is 82.1 Å². The zero-order valence-electron chi connectivity index (χ0n) is 22.5. The first-order valence-corrected chi connectivity index (χ1v) is 14.1. The van der Waals surface area contributed by atoms with Crippen LogP contribution in [-0.2, 0) is 22.3 Å². The molecule has 2 N–H and O–H groups in total. The second-order valence-corrected chi connectivity index (χ2v) is 11.6. The van der Waals surface area contributed by atoms with Crippen LogP contribution in [0.1, 0.15) is 54.1 Å². The van der Waals surface area contributed by atoms with Gasteiger partial charge in [0.1, 0.15) is 11.4 Å². The Bertz CT molecular complexity index is 1310. The first kappa shape index (κ1) is 29.6. The molecule has 1 aliphatic carbocycles. The Morgan fingerprint density at radius 2 is 1.90 bits per heavy atom. The van der Waals surface area contributed by atoms with Gasteiger partial charge in [-0.3, -0.25) is 9.69 Å². The molecule has 0 radical (unpaired) electrons. The lowest BCUT2D eigenvalue weighted by molar-refractivity contribution is -0.165. The Balaban J connectivity index is 1.19. The molecule has 3 aliphatic rings. The molecular formula is C29H32ClF4N3O4. The second-order valence-electron chi connectivity index (χ2n) is 11.2. The molecule has 5 rings (SSSR count). The molecule has 7 nitrogen and oxygen atoms in total. The number of amides is 1. The Labute approximate surface area is 240 Å². The minimum atomic E-state index is -4.54. The number of ether oxygens (including phenoxy) is 1. The number of alkyl halides is 3. The Morgan fingerprint density at radius 1 is 1.15 bits per heavy atom. The number of carboxylic acid groups (broad SMARTS) is 1. The maximum absolute atomic E-state index is 13.9. The van der Waals surface area contributed by atoms with Crippen LogP contribution in [0.5, 0.6) is 0 Å². The van der Waals surface area contributed by atoms with Crippen molar-refractivity contribution in [2.24, 2.45) is 5.92 Å². The second kappa shape index (κ2) is 11.4. The predicted octanol–water partition coefficient (Wildman–Crippen LogP) is 5.35. The molecule has 2 aliphatic heterocycles. The van der Waals surface area contributed by atoms with Crippen LogP contribution in [0.4, 0.5) is 23.2 Å². The molecule has 0 aromatic heterocycles. The molecule has 2 aromatic carbocycles. The van der Waals surface area contributed by atoms with Crippen LogP contribution in [0.15, 0.2) is 36.4 Å². The zero-order chi connectivity index (χ0) is 29.5. The average Bonchev–Trinajstić information content (AvgIpc) is 3.77. The first-order chi connectivity index (χ1) is 19.4. The van der Waals surface area contributed by atoms with E-state index < -0.39 is 29.1 Å². The summed E-state index contributed by atoms with van der Waals surface area (Å²) in [5.74, 6) is -2.31. The molecule has 2 heterocycles. The van der Waals surface area contributed by atoms with E-state index in [0.29, 0.717) is 38.3 Å². The third-order valence-electron chi connectivity index (χ3n) is 8.43. The number of nitrogens with one attached hydrogen (secondary N) is 1. The number of piperazine rings is 1. The Kier molecular flexibility index (Phi) is 8.24. The number of anilines is 1. The van der Waals surface area contributed by atoms with Crippen LogP contribution in [0.3, 0.4) is 0 Å². The maximum Gasteiger partial charge on any atom is 0.416 e. The maximum atomic E-state index is 13.9. The molecule has 41 heavy (non-hydrogen) atoms. The summed E-state index contributed by atoms with van der Waals surface area (Å²) >= 11 is 5.89. The molecule has 222 valence electrons. The molecule has 3 fully saturated rings. The van der Waals surface area contributed by atoms with Crippen LogP contribution in [-0.4, -0.2) is 65.8 Å². The van der Waals surface area contributed by atoms with Gasteiger partial charge in [-0.2, -0.15) is 13.2 Å². The van der Waals surface area contributed by atoms with E-state index in [9.17, 15) is 32.3 Å². The number of rotatable bonds is 7. The predicted molar refractivity (Wildman–Crippen MR) is 144 cm³/mol. The van der Waals surface area contributed by atoms with Gasteiger partial charge in [0.05, 0.1) is 17.7 Å². The van der Waals surface area contributed by atoms with Crippen LogP contribution in [0.25, 0.3) is 0 Å². The molecule has 0 spiro atoms. The number of carbonyl (C=O) groups excluding carboxylic acids is 1. The van der Waals surface area contributed by atoms with E-state index >= 15 is 0 Å². The molecule has 3 atom stereocenters. The lowest BCUT2D eigenvalue weighted by Crippen LogP contribution is -2.60. The number of carbonyl (C=O) groups is 2. The van der Waals surface area contributed by atoms with Crippen molar-refractivity contribution in [3.8, 4) is 0 Å². The van der Waals surface area contributed by atoms with Crippen molar-refractivity contribution in [1.82, 2.24) is 10.2 Å². The quantitative estimate of drug-likeness (QED) is 0.419. The van der Waals surface area contributed by atoms with Crippen molar-refractivity contribution in [3.05, 3.63) is 63.9 Å². The van der Waals surface area contributed by atoms with Gasteiger partial charge in [-0.15, -0.1) is 0 Å². The highest BCUT2D eigenvalue weighted by Crippen LogP contribution is 2.47. The number of nitrogens with zero attached hydrogens (tertiary/aromatic N) is 2. The highest BCUT2D eigenvalue weighted by Gasteiger charge is 2.54. The van der Waals surface area contributed by atoms with Gasteiger partial charge < -0.3 is 20.1 Å². The highest BCUT2D eigenvalue weighted by molar-refractivity contribution is 6.30. The smallest absolute Gasteiger partial charge is 0.416 e. The number of hydrogen-bond donors (Lipinski definition) is 2. The zero-order valence-corrected chi connectivity index (χ0v) is 23.3. The van der Waals surface area contributed by atoms with Gasteiger partial charge in [0, 0.05) is 49.0 Å². The van der Waals surface area contributed by atoms with Crippen LogP contribution < -0.4 is 10.2 Å². The molecule has 1 saturated carbocycles. The lowest BCUT2D eigenvalue weighted by Gasteiger charge is -2.48. The molecule has 12 heteroatoms. The third-order valence-corrected chi connectivity index (χ3v) is 8.65. The fourth-order valence-electron chi connectivity index (χ4n) is 6.11. The van der Waals surface area contributed by atoms with Crippen molar-refractivity contribution in [1.29, 1.82) is 0 Å². The molecule has 0 unspecified atom stereocenters. The SMILES string of the molecule is C[C@H]1CN([C@@H]2CC[C@@](C(=O)NCc3cc(Cl)cc(C(F)(F)F)c3)(C3CC3)OC2)CCN1c1ccc(F)c(C(=O)O)c1. The monoisotopic (exact) mass is 597 g/mol. The van der Waals surface area contributed by atoms with Gasteiger partial charge in [-0.05, 0) is 80.5 Å². The molecular weight excluding hydrogens is 566 g/mol. The van der Waals surface area contributed by atoms with Gasteiger partial charge in [0.15, 0.2) is 0 Å². The summed E-state index contributed by atoms with van der Waals surface area (Å²) in [5, 5.41) is 12.0. The van der Waals surface area contributed by atoms with E-state index in [2.05, 4.69) is 15.1 Å². The van der Waals surface area contributed by atoms with Crippen molar-refractivity contribution in [2.75, 3.05) is 31.1 Å². The summed E-state index contributed by atoms with van der Waals surface area (Å²) in [7, 11) is 0.